The lowest BCUT2D eigenvalue weighted by Crippen LogP contribution is -2.22. The minimum atomic E-state index is -0.922. The molecule has 0 saturated heterocycles. The van der Waals surface area contributed by atoms with Gasteiger partial charge in [-0.2, -0.15) is 0 Å². The van der Waals surface area contributed by atoms with Crippen LogP contribution >= 0.6 is 0 Å². The van der Waals surface area contributed by atoms with Crippen molar-refractivity contribution >= 4 is 5.65 Å². The predicted octanol–water partition coefficient (Wildman–Crippen LogP) is 2.20. The smallest absolute Gasteiger partial charge is 0.276 e. The van der Waals surface area contributed by atoms with Crippen molar-refractivity contribution in [2.75, 3.05) is 0 Å². The van der Waals surface area contributed by atoms with E-state index in [1.807, 2.05) is 0 Å². The largest absolute Gasteiger partial charge is 0.297 e. The number of halogens is 2. The number of nitrogens with zero attached hydrogens (tertiary/aromatic N) is 2. The fourth-order valence-corrected chi connectivity index (χ4v) is 2.16. The van der Waals surface area contributed by atoms with Gasteiger partial charge in [-0.05, 0) is 24.6 Å². The Morgan fingerprint density at radius 3 is 2.80 bits per heavy atom. The second-order valence-electron chi connectivity index (χ2n) is 4.56. The van der Waals surface area contributed by atoms with E-state index in [9.17, 15) is 13.6 Å². The highest BCUT2D eigenvalue weighted by Crippen LogP contribution is 2.13. The van der Waals surface area contributed by atoms with Gasteiger partial charge in [-0.25, -0.2) is 18.3 Å². The minimum absolute atomic E-state index is 0.205. The Hall–Kier alpha value is -2.50. The van der Waals surface area contributed by atoms with Gasteiger partial charge in [0, 0.05) is 29.9 Å². The van der Waals surface area contributed by atoms with Crippen LogP contribution in [0.3, 0.4) is 0 Å². The quantitative estimate of drug-likeness (QED) is 0.779. The summed E-state index contributed by atoms with van der Waals surface area (Å²) in [5, 5.41) is 2.77. The molecular formula is C14H11F2N3O. The average molecular weight is 275 g/mol. The number of H-pyrrole nitrogens is 1. The summed E-state index contributed by atoms with van der Waals surface area (Å²) in [6, 6.07) is 5.30. The third-order valence-electron chi connectivity index (χ3n) is 3.21. The van der Waals surface area contributed by atoms with Crippen molar-refractivity contribution in [3.8, 4) is 0 Å². The molecule has 2 heterocycles. The number of aromatic amines is 1. The first kappa shape index (κ1) is 12.5. The number of hydrogen-bond acceptors (Lipinski definition) is 2. The summed E-state index contributed by atoms with van der Waals surface area (Å²) >= 11 is 0. The maximum atomic E-state index is 13.2. The van der Waals surface area contributed by atoms with Crippen molar-refractivity contribution in [3.05, 3.63) is 69.3 Å². The summed E-state index contributed by atoms with van der Waals surface area (Å²) in [6.45, 7) is 1.73. The van der Waals surface area contributed by atoms with Gasteiger partial charge in [-0.1, -0.05) is 6.07 Å². The van der Waals surface area contributed by atoms with E-state index in [0.717, 1.165) is 12.1 Å². The molecule has 1 aromatic carbocycles. The molecule has 0 aliphatic heterocycles. The van der Waals surface area contributed by atoms with E-state index in [2.05, 4.69) is 10.1 Å². The lowest BCUT2D eigenvalue weighted by Gasteiger charge is -2.06. The molecule has 0 unspecified atom stereocenters. The van der Waals surface area contributed by atoms with Crippen LogP contribution in [0.15, 0.2) is 35.3 Å². The zero-order valence-electron chi connectivity index (χ0n) is 10.7. The van der Waals surface area contributed by atoms with E-state index in [0.29, 0.717) is 22.5 Å². The van der Waals surface area contributed by atoms with Gasteiger partial charge in [-0.3, -0.25) is 9.89 Å². The molecule has 0 saturated carbocycles. The van der Waals surface area contributed by atoms with Crippen molar-refractivity contribution in [1.29, 1.82) is 0 Å². The van der Waals surface area contributed by atoms with Crippen LogP contribution in [0.1, 0.15) is 16.8 Å². The molecule has 3 rings (SSSR count). The first-order valence-corrected chi connectivity index (χ1v) is 6.06. The topological polar surface area (TPSA) is 50.2 Å². The number of aromatic nitrogens is 3. The minimum Gasteiger partial charge on any atom is -0.297 e. The molecule has 6 heteroatoms. The molecule has 0 aliphatic rings. The third kappa shape index (κ3) is 1.99. The third-order valence-corrected chi connectivity index (χ3v) is 3.21. The molecule has 20 heavy (non-hydrogen) atoms. The number of benzene rings is 1. The highest BCUT2D eigenvalue weighted by molar-refractivity contribution is 5.40. The molecule has 0 atom stereocenters. The molecular weight excluding hydrogens is 264 g/mol. The van der Waals surface area contributed by atoms with E-state index in [-0.39, 0.29) is 12.0 Å². The van der Waals surface area contributed by atoms with Gasteiger partial charge in [0.25, 0.3) is 5.56 Å². The van der Waals surface area contributed by atoms with Crippen molar-refractivity contribution in [1.82, 2.24) is 14.6 Å². The maximum Gasteiger partial charge on any atom is 0.276 e. The van der Waals surface area contributed by atoms with Crippen LogP contribution in [-0.2, 0) is 6.42 Å². The van der Waals surface area contributed by atoms with E-state index >= 15 is 0 Å². The molecule has 102 valence electrons. The molecule has 3 aromatic rings. The Kier molecular flexibility index (Phi) is 2.85. The summed E-state index contributed by atoms with van der Waals surface area (Å²) in [6.07, 6.45) is 1.82. The van der Waals surface area contributed by atoms with E-state index in [1.54, 1.807) is 19.2 Å². The van der Waals surface area contributed by atoms with E-state index in [4.69, 9.17) is 0 Å². The molecule has 0 fully saturated rings. The zero-order valence-corrected chi connectivity index (χ0v) is 10.7. The van der Waals surface area contributed by atoms with Gasteiger partial charge in [0.15, 0.2) is 17.3 Å². The number of fused-ring (bicyclic) bond motifs is 1. The van der Waals surface area contributed by atoms with Crippen molar-refractivity contribution in [2.24, 2.45) is 0 Å². The monoisotopic (exact) mass is 275 g/mol. The summed E-state index contributed by atoms with van der Waals surface area (Å²) in [4.78, 5) is 16.6. The number of aryl methyl sites for hydroxylation is 1. The highest BCUT2D eigenvalue weighted by atomic mass is 19.2. The van der Waals surface area contributed by atoms with E-state index in [1.165, 1.54) is 10.6 Å². The Morgan fingerprint density at radius 2 is 2.05 bits per heavy atom. The van der Waals surface area contributed by atoms with Crippen molar-refractivity contribution in [3.63, 3.8) is 0 Å². The Labute approximate surface area is 112 Å². The zero-order chi connectivity index (χ0) is 14.3. The van der Waals surface area contributed by atoms with Gasteiger partial charge in [0.1, 0.15) is 0 Å². The van der Waals surface area contributed by atoms with Gasteiger partial charge >= 0.3 is 0 Å². The van der Waals surface area contributed by atoms with Crippen LogP contribution in [0.25, 0.3) is 5.65 Å². The first-order valence-electron chi connectivity index (χ1n) is 6.06. The second-order valence-corrected chi connectivity index (χ2v) is 4.56. The molecule has 0 aliphatic carbocycles. The van der Waals surface area contributed by atoms with Crippen LogP contribution in [0.4, 0.5) is 8.78 Å². The van der Waals surface area contributed by atoms with Crippen molar-refractivity contribution < 1.29 is 8.78 Å². The molecule has 0 radical (unpaired) electrons. The molecule has 1 N–H and O–H groups in total. The summed E-state index contributed by atoms with van der Waals surface area (Å²) in [5.41, 5.74) is 1.86. The fraction of sp³-hybridized carbons (Fsp3) is 0.143. The first-order chi connectivity index (χ1) is 9.56. The molecule has 2 aromatic heterocycles. The normalized spacial score (nSPS) is 11.2. The van der Waals surface area contributed by atoms with Crippen LogP contribution in [-0.4, -0.2) is 14.6 Å². The molecule has 0 bridgehead atoms. The summed E-state index contributed by atoms with van der Waals surface area (Å²) < 4.78 is 27.4. The summed E-state index contributed by atoms with van der Waals surface area (Å²) in [7, 11) is 0. The van der Waals surface area contributed by atoms with E-state index < -0.39 is 11.6 Å². The Bertz CT molecular complexity index is 851. The maximum absolute atomic E-state index is 13.2. The SMILES string of the molecule is Cc1nc2cc[nH]n2c(=O)c1Cc1ccc(F)c(F)c1. The van der Waals surface area contributed by atoms with Gasteiger partial charge in [0.05, 0.1) is 0 Å². The number of hydrogen-bond donors (Lipinski definition) is 1. The lowest BCUT2D eigenvalue weighted by atomic mass is 10.0. The summed E-state index contributed by atoms with van der Waals surface area (Å²) in [5.74, 6) is -1.82. The predicted molar refractivity (Wildman–Crippen MR) is 69.7 cm³/mol. The second kappa shape index (κ2) is 4.56. The lowest BCUT2D eigenvalue weighted by molar-refractivity contribution is 0.507. The standard InChI is InChI=1S/C14H11F2N3O/c1-8-10(6-9-2-3-11(15)12(16)7-9)14(20)19-13(18-8)4-5-17-19/h2-5,7,17H,6H2,1H3. The number of nitrogens with one attached hydrogen (secondary N) is 1. The van der Waals surface area contributed by atoms with Crippen LogP contribution in [0.2, 0.25) is 0 Å². The van der Waals surface area contributed by atoms with Crippen LogP contribution < -0.4 is 5.56 Å². The Balaban J connectivity index is 2.10. The molecule has 4 nitrogen and oxygen atoms in total. The highest BCUT2D eigenvalue weighted by Gasteiger charge is 2.12. The van der Waals surface area contributed by atoms with Gasteiger partial charge in [0.2, 0.25) is 0 Å². The van der Waals surface area contributed by atoms with Gasteiger partial charge < -0.3 is 0 Å². The Morgan fingerprint density at radius 1 is 1.25 bits per heavy atom. The molecule has 0 spiro atoms. The molecule has 0 amide bonds. The van der Waals surface area contributed by atoms with Crippen molar-refractivity contribution in [2.45, 2.75) is 13.3 Å². The average Bonchev–Trinajstić information content (AvgIpc) is 2.87. The van der Waals surface area contributed by atoms with Crippen LogP contribution in [0, 0.1) is 18.6 Å². The van der Waals surface area contributed by atoms with Crippen LogP contribution in [0.5, 0.6) is 0 Å². The fourth-order valence-electron chi connectivity index (χ4n) is 2.16. The van der Waals surface area contributed by atoms with Gasteiger partial charge in [-0.15, -0.1) is 0 Å². The number of rotatable bonds is 2.